The first kappa shape index (κ1) is 12.9. The van der Waals surface area contributed by atoms with Crippen molar-refractivity contribution in [3.8, 4) is 0 Å². The van der Waals surface area contributed by atoms with Gasteiger partial charge < -0.3 is 0 Å². The molecular weight excluding hydrogens is 333 g/mol. The summed E-state index contributed by atoms with van der Waals surface area (Å²) in [6.07, 6.45) is 4.39. The Morgan fingerprint density at radius 1 is 1.22 bits per heavy atom. The fourth-order valence-corrected chi connectivity index (χ4v) is 4.46. The molecule has 1 aromatic carbocycles. The molecule has 1 aromatic rings. The maximum Gasteiger partial charge on any atom is 0.0233 e. The molecule has 98 valence electrons. The number of piperidine rings is 1. The van der Waals surface area contributed by atoms with Gasteiger partial charge in [0.1, 0.15) is 0 Å². The molecular formula is C16H22IN. The number of hydrogen-bond acceptors (Lipinski definition) is 1. The third kappa shape index (κ3) is 3.08. The van der Waals surface area contributed by atoms with E-state index in [1.165, 1.54) is 42.3 Å². The van der Waals surface area contributed by atoms with Gasteiger partial charge in [-0.3, -0.25) is 4.90 Å². The van der Waals surface area contributed by atoms with Crippen molar-refractivity contribution in [2.75, 3.05) is 17.5 Å². The molecule has 1 nitrogen and oxygen atoms in total. The molecule has 1 saturated heterocycles. The van der Waals surface area contributed by atoms with Crippen LogP contribution in [0.25, 0.3) is 0 Å². The molecule has 0 aromatic heterocycles. The highest BCUT2D eigenvalue weighted by Crippen LogP contribution is 2.48. The van der Waals surface area contributed by atoms with Crippen LogP contribution in [0.2, 0.25) is 0 Å². The zero-order valence-corrected chi connectivity index (χ0v) is 13.1. The maximum atomic E-state index is 2.67. The zero-order chi connectivity index (χ0) is 12.4. The predicted octanol–water partition coefficient (Wildman–Crippen LogP) is 3.97. The van der Waals surface area contributed by atoms with E-state index in [0.29, 0.717) is 0 Å². The number of rotatable bonds is 4. The molecule has 2 aliphatic rings. The van der Waals surface area contributed by atoms with Crippen molar-refractivity contribution in [1.29, 1.82) is 0 Å². The Kier molecular flexibility index (Phi) is 4.24. The standard InChI is InChI=1S/C16H22IN/c17-10-15-9-16(15)14-7-4-8-18(12-14)11-13-5-2-1-3-6-13/h1-3,5-6,14-16H,4,7-12H2. The van der Waals surface area contributed by atoms with Gasteiger partial charge in [-0.05, 0) is 49.1 Å². The molecule has 0 amide bonds. The summed E-state index contributed by atoms with van der Waals surface area (Å²) in [6, 6.07) is 10.9. The van der Waals surface area contributed by atoms with Crippen LogP contribution in [0.1, 0.15) is 24.8 Å². The van der Waals surface area contributed by atoms with Crippen LogP contribution in [0.5, 0.6) is 0 Å². The summed E-state index contributed by atoms with van der Waals surface area (Å²) in [5, 5.41) is 0. The highest BCUT2D eigenvalue weighted by atomic mass is 127. The lowest BCUT2D eigenvalue weighted by Crippen LogP contribution is -2.36. The number of nitrogens with zero attached hydrogens (tertiary/aromatic N) is 1. The molecule has 1 aliphatic carbocycles. The normalized spacial score (nSPS) is 32.4. The molecule has 0 radical (unpaired) electrons. The molecule has 0 bridgehead atoms. The number of hydrogen-bond donors (Lipinski definition) is 0. The highest BCUT2D eigenvalue weighted by molar-refractivity contribution is 14.1. The lowest BCUT2D eigenvalue weighted by atomic mass is 9.92. The quantitative estimate of drug-likeness (QED) is 0.584. The molecule has 1 aliphatic heterocycles. The highest BCUT2D eigenvalue weighted by Gasteiger charge is 2.42. The van der Waals surface area contributed by atoms with E-state index < -0.39 is 0 Å². The summed E-state index contributed by atoms with van der Waals surface area (Å²) in [6.45, 7) is 3.79. The lowest BCUT2D eigenvalue weighted by molar-refractivity contribution is 0.152. The average Bonchev–Trinajstić information content (AvgIpc) is 3.20. The van der Waals surface area contributed by atoms with E-state index in [1.807, 2.05) is 0 Å². The van der Waals surface area contributed by atoms with Crippen molar-refractivity contribution in [2.45, 2.75) is 25.8 Å². The number of benzene rings is 1. The largest absolute Gasteiger partial charge is 0.299 e. The number of halogens is 1. The summed E-state index contributed by atoms with van der Waals surface area (Å²) in [5.74, 6) is 3.09. The van der Waals surface area contributed by atoms with Gasteiger partial charge in [0.05, 0.1) is 0 Å². The molecule has 0 spiro atoms. The second-order valence-electron chi connectivity index (χ2n) is 5.94. The van der Waals surface area contributed by atoms with Crippen LogP contribution in [0.4, 0.5) is 0 Å². The minimum Gasteiger partial charge on any atom is -0.299 e. The van der Waals surface area contributed by atoms with Gasteiger partial charge in [0, 0.05) is 17.5 Å². The topological polar surface area (TPSA) is 3.24 Å². The first-order chi connectivity index (χ1) is 8.86. The smallest absolute Gasteiger partial charge is 0.0233 e. The van der Waals surface area contributed by atoms with Gasteiger partial charge in [0.2, 0.25) is 0 Å². The van der Waals surface area contributed by atoms with E-state index >= 15 is 0 Å². The maximum absolute atomic E-state index is 2.67. The van der Waals surface area contributed by atoms with Crippen molar-refractivity contribution in [3.05, 3.63) is 35.9 Å². The summed E-state index contributed by atoms with van der Waals surface area (Å²) >= 11 is 2.56. The number of likely N-dealkylation sites (tertiary alicyclic amines) is 1. The first-order valence-corrected chi connectivity index (χ1v) is 8.71. The van der Waals surface area contributed by atoms with Crippen LogP contribution < -0.4 is 0 Å². The molecule has 18 heavy (non-hydrogen) atoms. The van der Waals surface area contributed by atoms with Gasteiger partial charge in [0.15, 0.2) is 0 Å². The zero-order valence-electron chi connectivity index (χ0n) is 10.9. The molecule has 0 N–H and O–H groups in total. The summed E-state index contributed by atoms with van der Waals surface area (Å²) in [5.41, 5.74) is 1.47. The Morgan fingerprint density at radius 3 is 2.78 bits per heavy atom. The average molecular weight is 355 g/mol. The molecule has 1 saturated carbocycles. The van der Waals surface area contributed by atoms with Crippen molar-refractivity contribution in [1.82, 2.24) is 4.90 Å². The third-order valence-corrected chi connectivity index (χ3v) is 5.70. The lowest BCUT2D eigenvalue weighted by Gasteiger charge is -2.33. The molecule has 2 heteroatoms. The first-order valence-electron chi connectivity index (χ1n) is 7.19. The van der Waals surface area contributed by atoms with Gasteiger partial charge in [-0.2, -0.15) is 0 Å². The molecule has 3 rings (SSSR count). The van der Waals surface area contributed by atoms with Crippen LogP contribution >= 0.6 is 22.6 Å². The second kappa shape index (κ2) is 5.91. The summed E-state index contributed by atoms with van der Waals surface area (Å²) < 4.78 is 1.37. The SMILES string of the molecule is ICC1CC1C1CCCN(Cc2ccccc2)C1. The second-order valence-corrected chi connectivity index (χ2v) is 6.82. The van der Waals surface area contributed by atoms with Crippen LogP contribution in [0.3, 0.4) is 0 Å². The molecule has 3 unspecified atom stereocenters. The Hall–Kier alpha value is -0.0900. The van der Waals surface area contributed by atoms with E-state index in [-0.39, 0.29) is 0 Å². The third-order valence-electron chi connectivity index (χ3n) is 4.57. The fourth-order valence-electron chi connectivity index (χ4n) is 3.45. The Morgan fingerprint density at radius 2 is 2.06 bits per heavy atom. The van der Waals surface area contributed by atoms with E-state index in [2.05, 4.69) is 57.8 Å². The van der Waals surface area contributed by atoms with E-state index in [0.717, 1.165) is 24.3 Å². The van der Waals surface area contributed by atoms with E-state index in [4.69, 9.17) is 0 Å². The van der Waals surface area contributed by atoms with Crippen LogP contribution in [-0.4, -0.2) is 22.4 Å². The Labute approximate surface area is 124 Å². The Bertz CT molecular complexity index is 378. The van der Waals surface area contributed by atoms with Crippen molar-refractivity contribution >= 4 is 22.6 Å². The van der Waals surface area contributed by atoms with Gasteiger partial charge in [-0.1, -0.05) is 52.9 Å². The van der Waals surface area contributed by atoms with Crippen LogP contribution in [-0.2, 0) is 6.54 Å². The van der Waals surface area contributed by atoms with Crippen molar-refractivity contribution < 1.29 is 0 Å². The van der Waals surface area contributed by atoms with E-state index in [9.17, 15) is 0 Å². The van der Waals surface area contributed by atoms with Gasteiger partial charge in [-0.25, -0.2) is 0 Å². The Balaban J connectivity index is 1.54. The van der Waals surface area contributed by atoms with Gasteiger partial charge >= 0.3 is 0 Å². The predicted molar refractivity (Wildman–Crippen MR) is 84.9 cm³/mol. The summed E-state index contributed by atoms with van der Waals surface area (Å²) in [4.78, 5) is 2.67. The van der Waals surface area contributed by atoms with Crippen LogP contribution in [0, 0.1) is 17.8 Å². The summed E-state index contributed by atoms with van der Waals surface area (Å²) in [7, 11) is 0. The molecule has 2 fully saturated rings. The number of alkyl halides is 1. The van der Waals surface area contributed by atoms with Crippen molar-refractivity contribution in [3.63, 3.8) is 0 Å². The fraction of sp³-hybridized carbons (Fsp3) is 0.625. The van der Waals surface area contributed by atoms with Crippen LogP contribution in [0.15, 0.2) is 30.3 Å². The van der Waals surface area contributed by atoms with Crippen molar-refractivity contribution in [2.24, 2.45) is 17.8 Å². The molecule has 1 heterocycles. The van der Waals surface area contributed by atoms with Gasteiger partial charge in [0.25, 0.3) is 0 Å². The van der Waals surface area contributed by atoms with Gasteiger partial charge in [-0.15, -0.1) is 0 Å². The van der Waals surface area contributed by atoms with E-state index in [1.54, 1.807) is 0 Å². The molecule has 3 atom stereocenters. The minimum absolute atomic E-state index is 0.988. The monoisotopic (exact) mass is 355 g/mol. The minimum atomic E-state index is 0.988.